The number of nitrogens with one attached hydrogen (secondary N) is 1. The zero-order valence-corrected chi connectivity index (χ0v) is 20.4. The number of sulfonamides is 1. The van der Waals surface area contributed by atoms with E-state index in [9.17, 15) is 13.2 Å². The maximum atomic E-state index is 12.9. The van der Waals surface area contributed by atoms with Crippen molar-refractivity contribution in [2.75, 3.05) is 31.6 Å². The average molecular weight is 489 g/mol. The van der Waals surface area contributed by atoms with Crippen molar-refractivity contribution in [1.82, 2.24) is 13.9 Å². The first kappa shape index (κ1) is 23.6. The molecule has 3 aromatic rings. The Morgan fingerprint density at radius 3 is 2.64 bits per heavy atom. The molecule has 2 aromatic heterocycles. The number of morpholine rings is 1. The second-order valence-corrected chi connectivity index (χ2v) is 10.8. The fourth-order valence-corrected chi connectivity index (χ4v) is 5.88. The summed E-state index contributed by atoms with van der Waals surface area (Å²) in [5.41, 5.74) is 3.33. The molecule has 0 unspecified atom stereocenters. The van der Waals surface area contributed by atoms with Crippen molar-refractivity contribution in [1.29, 1.82) is 0 Å². The summed E-state index contributed by atoms with van der Waals surface area (Å²) < 4.78 is 33.9. The minimum Gasteiger partial charge on any atom is -0.379 e. The van der Waals surface area contributed by atoms with Crippen molar-refractivity contribution in [3.05, 3.63) is 53.2 Å². The van der Waals surface area contributed by atoms with Crippen LogP contribution in [0.15, 0.2) is 46.8 Å². The van der Waals surface area contributed by atoms with Gasteiger partial charge in [-0.05, 0) is 24.5 Å². The van der Waals surface area contributed by atoms with E-state index in [-0.39, 0.29) is 10.6 Å². The van der Waals surface area contributed by atoms with Crippen molar-refractivity contribution < 1.29 is 17.9 Å². The number of nitrogens with zero attached hydrogens (tertiary/aromatic N) is 3. The monoisotopic (exact) mass is 488 g/mol. The molecule has 1 aliphatic heterocycles. The van der Waals surface area contributed by atoms with Gasteiger partial charge >= 0.3 is 0 Å². The largest absolute Gasteiger partial charge is 0.379 e. The van der Waals surface area contributed by atoms with Gasteiger partial charge in [0.05, 0.1) is 18.9 Å². The molecule has 33 heavy (non-hydrogen) atoms. The topological polar surface area (TPSA) is 93.5 Å². The molecule has 8 nitrogen and oxygen atoms in total. The van der Waals surface area contributed by atoms with Gasteiger partial charge in [0.25, 0.3) is 5.91 Å². The van der Waals surface area contributed by atoms with Crippen LogP contribution in [0.2, 0.25) is 0 Å². The molecule has 0 atom stereocenters. The molecule has 1 aliphatic rings. The predicted molar refractivity (Wildman–Crippen MR) is 129 cm³/mol. The van der Waals surface area contributed by atoms with Gasteiger partial charge in [-0.2, -0.15) is 4.31 Å². The van der Waals surface area contributed by atoms with Crippen LogP contribution in [-0.4, -0.2) is 54.5 Å². The molecule has 1 fully saturated rings. The zero-order valence-electron chi connectivity index (χ0n) is 18.8. The Balaban J connectivity index is 1.45. The Morgan fingerprint density at radius 1 is 1.21 bits per heavy atom. The third-order valence-electron chi connectivity index (χ3n) is 5.61. The third kappa shape index (κ3) is 5.35. The lowest BCUT2D eigenvalue weighted by atomic mass is 10.1. The number of rotatable bonds is 8. The Kier molecular flexibility index (Phi) is 7.28. The van der Waals surface area contributed by atoms with E-state index < -0.39 is 15.9 Å². The summed E-state index contributed by atoms with van der Waals surface area (Å²) >= 11 is 1.33. The van der Waals surface area contributed by atoms with Gasteiger partial charge in [-0.25, -0.2) is 13.4 Å². The molecule has 176 valence electrons. The normalized spacial score (nSPS) is 15.0. The number of anilines is 1. The highest BCUT2D eigenvalue weighted by atomic mass is 32.2. The standard InChI is InChI=1S/C23H28N4O4S2/c1-3-4-5-17-6-8-18(9-7-17)20-16-32-23(24-20)25-22(28)21-14-19(15-26(21)2)33(29,30)27-10-12-31-13-11-27/h6-9,14-16H,3-5,10-13H2,1-2H3,(H,24,25,28). The van der Waals surface area contributed by atoms with E-state index >= 15 is 0 Å². The van der Waals surface area contributed by atoms with E-state index in [2.05, 4.69) is 29.4 Å². The fraction of sp³-hybridized carbons (Fsp3) is 0.391. The van der Waals surface area contributed by atoms with Crippen LogP contribution >= 0.6 is 11.3 Å². The molecule has 0 saturated carbocycles. The van der Waals surface area contributed by atoms with Gasteiger partial charge in [-0.1, -0.05) is 37.6 Å². The second-order valence-electron chi connectivity index (χ2n) is 7.98. The van der Waals surface area contributed by atoms with Crippen LogP contribution in [0, 0.1) is 0 Å². The minimum atomic E-state index is -3.67. The summed E-state index contributed by atoms with van der Waals surface area (Å²) in [6.07, 6.45) is 4.86. The third-order valence-corrected chi connectivity index (χ3v) is 8.24. The smallest absolute Gasteiger partial charge is 0.274 e. The van der Waals surface area contributed by atoms with E-state index in [1.807, 2.05) is 17.5 Å². The van der Waals surface area contributed by atoms with Gasteiger partial charge in [-0.3, -0.25) is 10.1 Å². The first-order valence-electron chi connectivity index (χ1n) is 11.0. The first-order valence-corrected chi connectivity index (χ1v) is 13.3. The van der Waals surface area contributed by atoms with E-state index in [1.165, 1.54) is 50.9 Å². The van der Waals surface area contributed by atoms with E-state index in [4.69, 9.17) is 4.74 Å². The highest BCUT2D eigenvalue weighted by Crippen LogP contribution is 2.26. The highest BCUT2D eigenvalue weighted by molar-refractivity contribution is 7.89. The van der Waals surface area contributed by atoms with Crippen LogP contribution in [0.3, 0.4) is 0 Å². The predicted octanol–water partition coefficient (Wildman–Crippen LogP) is 3.76. The van der Waals surface area contributed by atoms with Crippen molar-refractivity contribution in [3.8, 4) is 11.3 Å². The Hall–Kier alpha value is -2.53. The summed E-state index contributed by atoms with van der Waals surface area (Å²) in [4.78, 5) is 17.5. The quantitative estimate of drug-likeness (QED) is 0.521. The first-order chi connectivity index (χ1) is 15.9. The highest BCUT2D eigenvalue weighted by Gasteiger charge is 2.29. The van der Waals surface area contributed by atoms with Crippen LogP contribution in [-0.2, 0) is 28.2 Å². The van der Waals surface area contributed by atoms with E-state index in [0.29, 0.717) is 31.4 Å². The number of thiazole rings is 1. The SMILES string of the molecule is CCCCc1ccc(-c2csc(NC(=O)c3cc(S(=O)(=O)N4CCOCC4)cn3C)n2)cc1. The molecule has 4 rings (SSSR count). The number of carbonyl (C=O) groups excluding carboxylic acids is 1. The van der Waals surface area contributed by atoms with Crippen molar-refractivity contribution >= 4 is 32.4 Å². The van der Waals surface area contributed by atoms with Crippen LogP contribution in [0.1, 0.15) is 35.8 Å². The number of aryl methyl sites for hydroxylation is 2. The minimum absolute atomic E-state index is 0.0973. The van der Waals surface area contributed by atoms with Gasteiger partial charge in [0.15, 0.2) is 5.13 Å². The number of hydrogen-bond donors (Lipinski definition) is 1. The summed E-state index contributed by atoms with van der Waals surface area (Å²) in [6, 6.07) is 9.73. The van der Waals surface area contributed by atoms with E-state index in [1.54, 1.807) is 7.05 Å². The summed E-state index contributed by atoms with van der Waals surface area (Å²) in [5, 5.41) is 5.15. The summed E-state index contributed by atoms with van der Waals surface area (Å²) in [6.45, 7) is 3.53. The molecule has 1 aromatic carbocycles. The fourth-order valence-electron chi connectivity index (χ4n) is 3.69. The molecular formula is C23H28N4O4S2. The number of benzene rings is 1. The summed E-state index contributed by atoms with van der Waals surface area (Å²) in [7, 11) is -2.02. The van der Waals surface area contributed by atoms with Crippen LogP contribution in [0.4, 0.5) is 5.13 Å². The van der Waals surface area contributed by atoms with Crippen LogP contribution in [0.5, 0.6) is 0 Å². The van der Waals surface area contributed by atoms with Gasteiger partial charge < -0.3 is 9.30 Å². The molecule has 0 radical (unpaired) electrons. The molecule has 1 amide bonds. The Labute approximate surface area is 198 Å². The maximum Gasteiger partial charge on any atom is 0.274 e. The molecule has 10 heteroatoms. The van der Waals surface area contributed by atoms with Gasteiger partial charge in [0, 0.05) is 37.3 Å². The van der Waals surface area contributed by atoms with Crippen LogP contribution in [0.25, 0.3) is 11.3 Å². The van der Waals surface area contributed by atoms with Crippen LogP contribution < -0.4 is 5.32 Å². The van der Waals surface area contributed by atoms with Gasteiger partial charge in [-0.15, -0.1) is 11.3 Å². The molecule has 1 saturated heterocycles. The van der Waals surface area contributed by atoms with Crippen molar-refractivity contribution in [2.24, 2.45) is 7.05 Å². The molecular weight excluding hydrogens is 460 g/mol. The molecule has 0 bridgehead atoms. The van der Waals surface area contributed by atoms with Gasteiger partial charge in [0.1, 0.15) is 10.6 Å². The lowest BCUT2D eigenvalue weighted by molar-refractivity contribution is 0.0730. The molecule has 1 N–H and O–H groups in total. The number of aromatic nitrogens is 2. The lowest BCUT2D eigenvalue weighted by Crippen LogP contribution is -2.40. The molecule has 0 aliphatic carbocycles. The number of carbonyl (C=O) groups is 1. The second kappa shape index (κ2) is 10.2. The molecule has 3 heterocycles. The number of amides is 1. The Morgan fingerprint density at radius 2 is 1.94 bits per heavy atom. The number of ether oxygens (including phenoxy) is 1. The Bertz CT molecular complexity index is 1210. The maximum absolute atomic E-state index is 12.9. The zero-order chi connectivity index (χ0) is 23.4. The number of hydrogen-bond acceptors (Lipinski definition) is 6. The van der Waals surface area contributed by atoms with Gasteiger partial charge in [0.2, 0.25) is 10.0 Å². The molecule has 0 spiro atoms. The average Bonchev–Trinajstić information content (AvgIpc) is 3.45. The van der Waals surface area contributed by atoms with Crippen molar-refractivity contribution in [3.63, 3.8) is 0 Å². The summed E-state index contributed by atoms with van der Waals surface area (Å²) in [5.74, 6) is -0.406. The van der Waals surface area contributed by atoms with E-state index in [0.717, 1.165) is 17.7 Å². The lowest BCUT2D eigenvalue weighted by Gasteiger charge is -2.25. The number of unbranched alkanes of at least 4 members (excludes halogenated alkanes) is 1. The van der Waals surface area contributed by atoms with Crippen molar-refractivity contribution in [2.45, 2.75) is 31.1 Å².